The Morgan fingerprint density at radius 2 is 2.11 bits per heavy atom. The van der Waals surface area contributed by atoms with E-state index in [9.17, 15) is 4.79 Å². The van der Waals surface area contributed by atoms with E-state index in [1.807, 2.05) is 4.90 Å². The first kappa shape index (κ1) is 11.7. The molecule has 2 heterocycles. The molecule has 1 aromatic carbocycles. The molecule has 0 bridgehead atoms. The molecule has 3 heteroatoms. The van der Waals surface area contributed by atoms with Gasteiger partial charge < -0.3 is 10.2 Å². The van der Waals surface area contributed by atoms with Gasteiger partial charge in [0.05, 0.1) is 5.92 Å². The maximum atomic E-state index is 12.5. The maximum Gasteiger partial charge on any atom is 0.232 e. The van der Waals surface area contributed by atoms with Gasteiger partial charge in [0, 0.05) is 25.3 Å². The van der Waals surface area contributed by atoms with Gasteiger partial charge >= 0.3 is 0 Å². The van der Waals surface area contributed by atoms with Crippen molar-refractivity contribution in [3.63, 3.8) is 0 Å². The van der Waals surface area contributed by atoms with Gasteiger partial charge in [0.25, 0.3) is 0 Å². The van der Waals surface area contributed by atoms with Crippen molar-refractivity contribution in [3.8, 4) is 0 Å². The Morgan fingerprint density at radius 1 is 1.33 bits per heavy atom. The van der Waals surface area contributed by atoms with Crippen molar-refractivity contribution in [1.29, 1.82) is 0 Å². The fourth-order valence-electron chi connectivity index (χ4n) is 2.99. The second kappa shape index (κ2) is 4.39. The summed E-state index contributed by atoms with van der Waals surface area (Å²) in [6.07, 6.45) is 2.19. The summed E-state index contributed by atoms with van der Waals surface area (Å²) in [6, 6.07) is 4.39. The average molecular weight is 244 g/mol. The summed E-state index contributed by atoms with van der Waals surface area (Å²) in [7, 11) is 0. The Morgan fingerprint density at radius 3 is 2.78 bits per heavy atom. The molecular formula is C15H20N2O. The van der Waals surface area contributed by atoms with Crippen molar-refractivity contribution >= 4 is 11.6 Å². The Labute approximate surface area is 108 Å². The Balaban J connectivity index is 1.97. The van der Waals surface area contributed by atoms with Gasteiger partial charge in [0.1, 0.15) is 0 Å². The highest BCUT2D eigenvalue weighted by atomic mass is 16.2. The molecule has 96 valence electrons. The summed E-state index contributed by atoms with van der Waals surface area (Å²) in [5, 5.41) is 3.18. The fourth-order valence-corrected chi connectivity index (χ4v) is 2.99. The van der Waals surface area contributed by atoms with Crippen molar-refractivity contribution < 1.29 is 4.79 Å². The minimum atomic E-state index is 0.191. The number of amides is 1. The van der Waals surface area contributed by atoms with Crippen LogP contribution in [-0.4, -0.2) is 25.5 Å². The lowest BCUT2D eigenvalue weighted by atomic mass is 9.93. The number of hydrogen-bond donors (Lipinski definition) is 1. The van der Waals surface area contributed by atoms with E-state index in [-0.39, 0.29) is 5.92 Å². The van der Waals surface area contributed by atoms with Crippen molar-refractivity contribution in [2.45, 2.75) is 26.7 Å². The third kappa shape index (κ3) is 1.83. The van der Waals surface area contributed by atoms with Crippen LogP contribution in [0.1, 0.15) is 23.1 Å². The van der Waals surface area contributed by atoms with E-state index < -0.39 is 0 Å². The van der Waals surface area contributed by atoms with Crippen LogP contribution >= 0.6 is 0 Å². The monoisotopic (exact) mass is 244 g/mol. The van der Waals surface area contributed by atoms with E-state index in [1.54, 1.807) is 0 Å². The third-order valence-electron chi connectivity index (χ3n) is 4.09. The molecule has 1 amide bonds. The summed E-state index contributed by atoms with van der Waals surface area (Å²) in [5.41, 5.74) is 5.11. The van der Waals surface area contributed by atoms with Crippen LogP contribution in [0.25, 0.3) is 0 Å². The number of nitrogens with zero attached hydrogens (tertiary/aromatic N) is 1. The molecule has 0 aromatic heterocycles. The topological polar surface area (TPSA) is 32.3 Å². The van der Waals surface area contributed by atoms with Crippen LogP contribution < -0.4 is 10.2 Å². The van der Waals surface area contributed by atoms with Crippen molar-refractivity contribution in [1.82, 2.24) is 5.32 Å². The summed E-state index contributed by atoms with van der Waals surface area (Å²) in [5.74, 6) is 0.497. The molecular weight excluding hydrogens is 224 g/mol. The maximum absolute atomic E-state index is 12.5. The van der Waals surface area contributed by atoms with Gasteiger partial charge in [-0.3, -0.25) is 4.79 Å². The van der Waals surface area contributed by atoms with Gasteiger partial charge in [-0.05, 0) is 49.4 Å². The number of aryl methyl sites for hydroxylation is 2. The normalized spacial score (nSPS) is 19.3. The molecule has 0 saturated carbocycles. The first-order valence-corrected chi connectivity index (χ1v) is 6.79. The number of nitrogens with one attached hydrogen (secondary N) is 1. The van der Waals surface area contributed by atoms with E-state index in [2.05, 4.69) is 31.3 Å². The lowest BCUT2D eigenvalue weighted by molar-refractivity contribution is -0.123. The first-order valence-electron chi connectivity index (χ1n) is 6.79. The van der Waals surface area contributed by atoms with Crippen LogP contribution in [-0.2, 0) is 11.2 Å². The van der Waals surface area contributed by atoms with Crippen LogP contribution in [0.2, 0.25) is 0 Å². The zero-order chi connectivity index (χ0) is 12.7. The molecule has 0 radical (unpaired) electrons. The predicted molar refractivity (Wildman–Crippen MR) is 72.9 cm³/mol. The van der Waals surface area contributed by atoms with Crippen molar-refractivity contribution in [2.24, 2.45) is 5.92 Å². The summed E-state index contributed by atoms with van der Waals surface area (Å²) in [6.45, 7) is 6.83. The standard InChI is InChI=1S/C15H20N2O/c1-10-6-11(2)13-4-3-5-17(14(13)7-10)15(18)12-8-16-9-12/h6-7,12,16H,3-5,8-9H2,1-2H3. The number of carbonyl (C=O) groups is 1. The quantitative estimate of drug-likeness (QED) is 0.817. The fraction of sp³-hybridized carbons (Fsp3) is 0.533. The highest BCUT2D eigenvalue weighted by molar-refractivity contribution is 5.97. The number of rotatable bonds is 1. The molecule has 3 rings (SSSR count). The summed E-state index contributed by atoms with van der Waals surface area (Å²) >= 11 is 0. The third-order valence-corrected chi connectivity index (χ3v) is 4.09. The minimum absolute atomic E-state index is 0.191. The molecule has 1 fully saturated rings. The highest BCUT2D eigenvalue weighted by Gasteiger charge is 2.32. The number of benzene rings is 1. The van der Waals surface area contributed by atoms with Gasteiger partial charge in [-0.15, -0.1) is 0 Å². The number of fused-ring (bicyclic) bond motifs is 1. The van der Waals surface area contributed by atoms with E-state index >= 15 is 0 Å². The lowest BCUT2D eigenvalue weighted by Gasteiger charge is -2.36. The lowest BCUT2D eigenvalue weighted by Crippen LogP contribution is -2.53. The van der Waals surface area contributed by atoms with E-state index in [0.29, 0.717) is 5.91 Å². The Bertz CT molecular complexity index is 492. The molecule has 0 aliphatic carbocycles. The van der Waals surface area contributed by atoms with E-state index in [0.717, 1.165) is 38.2 Å². The molecule has 0 unspecified atom stereocenters. The van der Waals surface area contributed by atoms with Crippen molar-refractivity contribution in [2.75, 3.05) is 24.5 Å². The zero-order valence-electron chi connectivity index (χ0n) is 11.1. The van der Waals surface area contributed by atoms with Gasteiger partial charge in [-0.1, -0.05) is 6.07 Å². The van der Waals surface area contributed by atoms with Crippen molar-refractivity contribution in [3.05, 3.63) is 28.8 Å². The number of anilines is 1. The molecule has 1 N–H and O–H groups in total. The second-order valence-electron chi connectivity index (χ2n) is 5.53. The smallest absolute Gasteiger partial charge is 0.232 e. The summed E-state index contributed by atoms with van der Waals surface area (Å²) in [4.78, 5) is 14.5. The van der Waals surface area contributed by atoms with Gasteiger partial charge in [0.15, 0.2) is 0 Å². The summed E-state index contributed by atoms with van der Waals surface area (Å²) < 4.78 is 0. The van der Waals surface area contributed by atoms with Gasteiger partial charge in [0.2, 0.25) is 5.91 Å². The first-order chi connectivity index (χ1) is 8.66. The molecule has 0 spiro atoms. The predicted octanol–water partition coefficient (Wildman–Crippen LogP) is 1.80. The minimum Gasteiger partial charge on any atom is -0.315 e. The van der Waals surface area contributed by atoms with E-state index in [1.165, 1.54) is 16.7 Å². The largest absolute Gasteiger partial charge is 0.315 e. The number of carbonyl (C=O) groups excluding carboxylic acids is 1. The van der Waals surface area contributed by atoms with Gasteiger partial charge in [-0.2, -0.15) is 0 Å². The Kier molecular flexibility index (Phi) is 2.86. The molecule has 1 aromatic rings. The molecule has 3 nitrogen and oxygen atoms in total. The van der Waals surface area contributed by atoms with Crippen LogP contribution in [0, 0.1) is 19.8 Å². The van der Waals surface area contributed by atoms with Crippen LogP contribution in [0.4, 0.5) is 5.69 Å². The van der Waals surface area contributed by atoms with Crippen LogP contribution in [0.15, 0.2) is 12.1 Å². The molecule has 2 aliphatic rings. The highest BCUT2D eigenvalue weighted by Crippen LogP contribution is 2.32. The van der Waals surface area contributed by atoms with Crippen LogP contribution in [0.5, 0.6) is 0 Å². The zero-order valence-corrected chi connectivity index (χ0v) is 11.1. The second-order valence-corrected chi connectivity index (χ2v) is 5.53. The van der Waals surface area contributed by atoms with Crippen LogP contribution in [0.3, 0.4) is 0 Å². The molecule has 1 saturated heterocycles. The molecule has 18 heavy (non-hydrogen) atoms. The average Bonchev–Trinajstić information content (AvgIpc) is 2.25. The SMILES string of the molecule is Cc1cc(C)c2c(c1)N(C(=O)C1CNC1)CCC2. The molecule has 2 aliphatic heterocycles. The molecule has 0 atom stereocenters. The van der Waals surface area contributed by atoms with E-state index in [4.69, 9.17) is 0 Å². The number of hydrogen-bond acceptors (Lipinski definition) is 2. The Hall–Kier alpha value is -1.35. The van der Waals surface area contributed by atoms with Gasteiger partial charge in [-0.25, -0.2) is 0 Å².